The molecule has 0 aliphatic carbocycles. The number of benzene rings is 4. The van der Waals surface area contributed by atoms with Gasteiger partial charge in [0.15, 0.2) is 0 Å². The van der Waals surface area contributed by atoms with Crippen LogP contribution in [-0.4, -0.2) is 29.1 Å². The summed E-state index contributed by atoms with van der Waals surface area (Å²) in [5.41, 5.74) is 9.91. The number of rotatable bonds is 7. The number of pyridine rings is 4. The van der Waals surface area contributed by atoms with Gasteiger partial charge in [-0.2, -0.15) is 0 Å². The molecule has 0 unspecified atom stereocenters. The summed E-state index contributed by atoms with van der Waals surface area (Å²) in [4.78, 5) is 19.3. The average Bonchev–Trinajstić information content (AvgIpc) is 3.76. The van der Waals surface area contributed by atoms with Gasteiger partial charge in [0, 0.05) is 46.3 Å². The van der Waals surface area contributed by atoms with E-state index in [2.05, 4.69) is 166 Å². The average molecular weight is 707 g/mol. The molecule has 0 amide bonds. The molecule has 55 heavy (non-hydrogen) atoms. The van der Waals surface area contributed by atoms with Crippen molar-refractivity contribution in [1.29, 1.82) is 0 Å². The van der Waals surface area contributed by atoms with Gasteiger partial charge in [0.2, 0.25) is 0 Å². The Morgan fingerprint density at radius 1 is 0.509 bits per heavy atom. The van der Waals surface area contributed by atoms with E-state index in [9.17, 15) is 0 Å². The zero-order valence-corrected chi connectivity index (χ0v) is 30.1. The van der Waals surface area contributed by atoms with Gasteiger partial charge >= 0.3 is 0 Å². The standard InChI is InChI=1S/C49H34N6/c1-32(42-15-9-19-48(52-42)54-44-17-7-5-13-38(44)40-30-50-25-23-46(40)54)27-37(36-22-21-34-11-3-4-12-35(34)29-36)28-33(2)43-16-10-20-49(53-43)55-45-18-8-6-14-39(45)41-31-51-26-24-47(41)55/h3-31H,1H2,2H3/b33-28+,37-27+. The molecule has 0 spiro atoms. The van der Waals surface area contributed by atoms with Crippen LogP contribution in [0.15, 0.2) is 183 Å². The van der Waals surface area contributed by atoms with Crippen LogP contribution in [0, 0.1) is 0 Å². The van der Waals surface area contributed by atoms with Gasteiger partial charge in [0.05, 0.1) is 33.5 Å². The normalized spacial score (nSPS) is 12.4. The van der Waals surface area contributed by atoms with Crippen molar-refractivity contribution in [3.05, 3.63) is 200 Å². The highest BCUT2D eigenvalue weighted by atomic mass is 15.1. The fraction of sp³-hybridized carbons (Fsp3) is 0.0204. The van der Waals surface area contributed by atoms with Crippen LogP contribution in [-0.2, 0) is 0 Å². The summed E-state index contributed by atoms with van der Waals surface area (Å²) < 4.78 is 4.42. The molecular weight excluding hydrogens is 673 g/mol. The molecule has 0 radical (unpaired) electrons. The van der Waals surface area contributed by atoms with Crippen LogP contribution in [0.25, 0.3) is 82.7 Å². The van der Waals surface area contributed by atoms with Crippen LogP contribution in [0.5, 0.6) is 0 Å². The second-order valence-corrected chi connectivity index (χ2v) is 13.8. The van der Waals surface area contributed by atoms with Crippen molar-refractivity contribution in [2.24, 2.45) is 0 Å². The summed E-state index contributed by atoms with van der Waals surface area (Å²) in [7, 11) is 0. The third-order valence-corrected chi connectivity index (χ3v) is 10.4. The maximum absolute atomic E-state index is 5.24. The van der Waals surface area contributed by atoms with Gasteiger partial charge in [-0.05, 0) is 107 Å². The van der Waals surface area contributed by atoms with E-state index >= 15 is 0 Å². The van der Waals surface area contributed by atoms with Gasteiger partial charge in [0.1, 0.15) is 11.6 Å². The lowest BCUT2D eigenvalue weighted by Gasteiger charge is -2.12. The molecule has 6 heteroatoms. The van der Waals surface area contributed by atoms with E-state index in [1.165, 1.54) is 10.8 Å². The lowest BCUT2D eigenvalue weighted by molar-refractivity contribution is 1.07. The van der Waals surface area contributed by atoms with Crippen molar-refractivity contribution in [3.63, 3.8) is 0 Å². The fourth-order valence-corrected chi connectivity index (χ4v) is 7.77. The second kappa shape index (κ2) is 13.2. The zero-order chi connectivity index (χ0) is 36.9. The Morgan fingerprint density at radius 3 is 1.71 bits per heavy atom. The maximum atomic E-state index is 5.24. The van der Waals surface area contributed by atoms with Crippen LogP contribution in [0.4, 0.5) is 0 Å². The first-order valence-corrected chi connectivity index (χ1v) is 18.3. The number of aromatic nitrogens is 6. The van der Waals surface area contributed by atoms with Crippen molar-refractivity contribution in [2.75, 3.05) is 0 Å². The molecule has 260 valence electrons. The third kappa shape index (κ3) is 5.59. The number of fused-ring (bicyclic) bond motifs is 7. The molecule has 0 atom stereocenters. The van der Waals surface area contributed by atoms with E-state index in [-0.39, 0.29) is 0 Å². The van der Waals surface area contributed by atoms with Crippen LogP contribution in [0.1, 0.15) is 23.9 Å². The SMILES string of the molecule is C=C(/C=C(\C=C(/C)c1cccc(-n2c3ccccc3c3cnccc32)n1)c1ccc2ccccc2c1)c1cccc(-n2c3ccccc3c3cnccc32)n1. The summed E-state index contributed by atoms with van der Waals surface area (Å²) in [5, 5.41) is 6.85. The minimum absolute atomic E-state index is 0.794. The van der Waals surface area contributed by atoms with E-state index in [0.717, 1.165) is 88.9 Å². The van der Waals surface area contributed by atoms with E-state index < -0.39 is 0 Å². The second-order valence-electron chi connectivity index (χ2n) is 13.8. The Labute approximate surface area is 317 Å². The molecule has 6 heterocycles. The Morgan fingerprint density at radius 2 is 1.05 bits per heavy atom. The molecule has 4 aromatic carbocycles. The van der Waals surface area contributed by atoms with Crippen molar-refractivity contribution in [1.82, 2.24) is 29.1 Å². The van der Waals surface area contributed by atoms with Crippen molar-refractivity contribution < 1.29 is 0 Å². The Kier molecular flexibility index (Phi) is 7.74. The third-order valence-electron chi connectivity index (χ3n) is 10.4. The van der Waals surface area contributed by atoms with Gasteiger partial charge in [-0.1, -0.05) is 91.5 Å². The maximum Gasteiger partial charge on any atom is 0.138 e. The Bertz CT molecular complexity index is 3090. The topological polar surface area (TPSA) is 61.4 Å². The molecule has 6 aromatic heterocycles. The first-order valence-electron chi connectivity index (χ1n) is 18.3. The summed E-state index contributed by atoms with van der Waals surface area (Å²) >= 11 is 0. The minimum Gasteiger partial charge on any atom is -0.294 e. The van der Waals surface area contributed by atoms with Gasteiger partial charge in [-0.15, -0.1) is 0 Å². The molecular formula is C49H34N6. The number of nitrogens with zero attached hydrogens (tertiary/aromatic N) is 6. The molecule has 10 aromatic rings. The molecule has 0 saturated carbocycles. The van der Waals surface area contributed by atoms with E-state index in [1.54, 1.807) is 0 Å². The van der Waals surface area contributed by atoms with E-state index in [0.29, 0.717) is 0 Å². The molecule has 0 saturated heterocycles. The minimum atomic E-state index is 0.794. The quantitative estimate of drug-likeness (QED) is 0.155. The van der Waals surface area contributed by atoms with Crippen LogP contribution >= 0.6 is 0 Å². The van der Waals surface area contributed by atoms with Gasteiger partial charge in [-0.3, -0.25) is 19.1 Å². The number of hydrogen-bond acceptors (Lipinski definition) is 4. The van der Waals surface area contributed by atoms with Gasteiger partial charge in [0.25, 0.3) is 0 Å². The van der Waals surface area contributed by atoms with E-state index in [1.807, 2.05) is 43.0 Å². The first-order chi connectivity index (χ1) is 27.1. The lowest BCUT2D eigenvalue weighted by atomic mass is 9.96. The smallest absolute Gasteiger partial charge is 0.138 e. The Hall–Kier alpha value is -7.44. The molecule has 0 N–H and O–H groups in total. The predicted octanol–water partition coefficient (Wildman–Crippen LogP) is 11.8. The lowest BCUT2D eigenvalue weighted by Crippen LogP contribution is -2.00. The zero-order valence-electron chi connectivity index (χ0n) is 30.1. The number of para-hydroxylation sites is 2. The molecule has 0 bridgehead atoms. The van der Waals surface area contributed by atoms with Crippen molar-refractivity contribution >= 4 is 71.1 Å². The predicted molar refractivity (Wildman–Crippen MR) is 227 cm³/mol. The molecule has 0 aliphatic rings. The highest BCUT2D eigenvalue weighted by Gasteiger charge is 2.16. The highest BCUT2D eigenvalue weighted by molar-refractivity contribution is 6.09. The molecule has 6 nitrogen and oxygen atoms in total. The van der Waals surface area contributed by atoms with Crippen LogP contribution < -0.4 is 0 Å². The van der Waals surface area contributed by atoms with Gasteiger partial charge in [-0.25, -0.2) is 9.97 Å². The van der Waals surface area contributed by atoms with Crippen LogP contribution in [0.2, 0.25) is 0 Å². The highest BCUT2D eigenvalue weighted by Crippen LogP contribution is 2.34. The van der Waals surface area contributed by atoms with Crippen molar-refractivity contribution in [3.8, 4) is 11.6 Å². The summed E-state index contributed by atoms with van der Waals surface area (Å²) in [5.74, 6) is 1.68. The number of allylic oxidation sites excluding steroid dienone is 5. The summed E-state index contributed by atoms with van der Waals surface area (Å²) in [6.07, 6.45) is 11.9. The molecule has 0 fully saturated rings. The molecule has 10 rings (SSSR count). The van der Waals surface area contributed by atoms with Crippen molar-refractivity contribution in [2.45, 2.75) is 6.92 Å². The van der Waals surface area contributed by atoms with E-state index in [4.69, 9.17) is 9.97 Å². The molecule has 0 aliphatic heterocycles. The largest absolute Gasteiger partial charge is 0.294 e. The summed E-state index contributed by atoms with van der Waals surface area (Å²) in [6.45, 7) is 6.69. The Balaban J connectivity index is 1.08. The number of hydrogen-bond donors (Lipinski definition) is 0. The monoisotopic (exact) mass is 706 g/mol. The fourth-order valence-electron chi connectivity index (χ4n) is 7.77. The van der Waals surface area contributed by atoms with Crippen LogP contribution in [0.3, 0.4) is 0 Å². The first kappa shape index (κ1) is 32.2. The van der Waals surface area contributed by atoms with Gasteiger partial charge < -0.3 is 0 Å². The summed E-state index contributed by atoms with van der Waals surface area (Å²) in [6, 6.07) is 48.3.